The third-order valence-corrected chi connectivity index (χ3v) is 3.49. The van der Waals surface area contributed by atoms with Gasteiger partial charge in [0.15, 0.2) is 0 Å². The van der Waals surface area contributed by atoms with E-state index >= 15 is 0 Å². The van der Waals surface area contributed by atoms with E-state index in [2.05, 4.69) is 6.92 Å². The molecule has 1 saturated carbocycles. The minimum atomic E-state index is -0.693. The second-order valence-corrected chi connectivity index (χ2v) is 4.02. The molecule has 2 unspecified atom stereocenters. The van der Waals surface area contributed by atoms with Crippen molar-refractivity contribution in [1.29, 1.82) is 0 Å². The molecule has 0 aliphatic heterocycles. The van der Waals surface area contributed by atoms with E-state index in [0.717, 1.165) is 32.1 Å². The van der Waals surface area contributed by atoms with Gasteiger partial charge in [-0.25, -0.2) is 0 Å². The lowest BCUT2D eigenvalue weighted by atomic mass is 9.65. The third-order valence-electron chi connectivity index (χ3n) is 3.49. The van der Waals surface area contributed by atoms with Crippen molar-refractivity contribution in [2.75, 3.05) is 6.54 Å². The Kier molecular flexibility index (Phi) is 3.31. The number of rotatable bonds is 3. The molecule has 3 nitrogen and oxygen atoms in total. The number of nitrogens with two attached hydrogens (primary N) is 1. The predicted octanol–water partition coefficient (Wildman–Crippen LogP) is 1.62. The second-order valence-electron chi connectivity index (χ2n) is 4.02. The van der Waals surface area contributed by atoms with Gasteiger partial charge in [-0.05, 0) is 18.8 Å². The fourth-order valence-electron chi connectivity index (χ4n) is 2.54. The number of carboxylic acids is 1. The topological polar surface area (TPSA) is 63.3 Å². The average Bonchev–Trinajstić information content (AvgIpc) is 2.17. The summed E-state index contributed by atoms with van der Waals surface area (Å²) in [6.45, 7) is 2.35. The van der Waals surface area contributed by atoms with Crippen molar-refractivity contribution in [2.24, 2.45) is 17.1 Å². The Morgan fingerprint density at radius 1 is 1.62 bits per heavy atom. The standard InChI is InChI=1S/C10H19NO2/c1-2-8-5-3-4-6-10(8,7-11)9(12)13/h8H,2-7,11H2,1H3,(H,12,13). The summed E-state index contributed by atoms with van der Waals surface area (Å²) in [7, 11) is 0. The van der Waals surface area contributed by atoms with Gasteiger partial charge in [-0.1, -0.05) is 26.2 Å². The van der Waals surface area contributed by atoms with E-state index in [1.165, 1.54) is 0 Å². The first kappa shape index (κ1) is 10.5. The Labute approximate surface area is 79.3 Å². The zero-order valence-corrected chi connectivity index (χ0v) is 8.25. The van der Waals surface area contributed by atoms with Gasteiger partial charge in [0.2, 0.25) is 0 Å². The average molecular weight is 185 g/mol. The van der Waals surface area contributed by atoms with Crippen LogP contribution in [0.15, 0.2) is 0 Å². The van der Waals surface area contributed by atoms with Crippen LogP contribution in [0.3, 0.4) is 0 Å². The molecule has 0 radical (unpaired) electrons. The highest BCUT2D eigenvalue weighted by Gasteiger charge is 2.44. The van der Waals surface area contributed by atoms with Crippen LogP contribution in [-0.4, -0.2) is 17.6 Å². The van der Waals surface area contributed by atoms with Gasteiger partial charge in [-0.15, -0.1) is 0 Å². The summed E-state index contributed by atoms with van der Waals surface area (Å²) in [5.74, 6) is -0.412. The first-order valence-electron chi connectivity index (χ1n) is 5.11. The maximum Gasteiger partial charge on any atom is 0.311 e. The molecule has 0 aromatic rings. The largest absolute Gasteiger partial charge is 0.481 e. The van der Waals surface area contributed by atoms with E-state index in [9.17, 15) is 9.90 Å². The SMILES string of the molecule is CCC1CCCCC1(CN)C(=O)O. The molecule has 0 bridgehead atoms. The Hall–Kier alpha value is -0.570. The zero-order valence-electron chi connectivity index (χ0n) is 8.25. The van der Waals surface area contributed by atoms with Gasteiger partial charge < -0.3 is 10.8 Å². The molecule has 76 valence electrons. The summed E-state index contributed by atoms with van der Waals surface area (Å²) in [6, 6.07) is 0. The highest BCUT2D eigenvalue weighted by atomic mass is 16.4. The Bertz CT molecular complexity index is 193. The van der Waals surface area contributed by atoms with Crippen molar-refractivity contribution in [3.8, 4) is 0 Å². The zero-order chi connectivity index (χ0) is 9.90. The first-order valence-corrected chi connectivity index (χ1v) is 5.11. The maximum atomic E-state index is 11.2. The quantitative estimate of drug-likeness (QED) is 0.702. The van der Waals surface area contributed by atoms with Gasteiger partial charge in [0.25, 0.3) is 0 Å². The molecule has 1 aliphatic carbocycles. The van der Waals surface area contributed by atoms with Crippen LogP contribution in [0.2, 0.25) is 0 Å². The van der Waals surface area contributed by atoms with E-state index in [1.807, 2.05) is 0 Å². The maximum absolute atomic E-state index is 11.2. The van der Waals surface area contributed by atoms with Crippen molar-refractivity contribution < 1.29 is 9.90 Å². The van der Waals surface area contributed by atoms with Gasteiger partial charge in [-0.2, -0.15) is 0 Å². The summed E-state index contributed by atoms with van der Waals surface area (Å²) >= 11 is 0. The van der Waals surface area contributed by atoms with Crippen molar-refractivity contribution >= 4 is 5.97 Å². The highest BCUT2D eigenvalue weighted by Crippen LogP contribution is 2.42. The van der Waals surface area contributed by atoms with E-state index in [-0.39, 0.29) is 5.92 Å². The Morgan fingerprint density at radius 2 is 2.31 bits per heavy atom. The fourth-order valence-corrected chi connectivity index (χ4v) is 2.54. The van der Waals surface area contributed by atoms with Crippen LogP contribution >= 0.6 is 0 Å². The molecule has 1 rings (SSSR count). The second kappa shape index (κ2) is 4.09. The van der Waals surface area contributed by atoms with E-state index in [4.69, 9.17) is 5.73 Å². The van der Waals surface area contributed by atoms with Crippen LogP contribution in [0.1, 0.15) is 39.0 Å². The third kappa shape index (κ3) is 1.70. The number of carbonyl (C=O) groups is 1. The van der Waals surface area contributed by atoms with Gasteiger partial charge in [0.1, 0.15) is 0 Å². The van der Waals surface area contributed by atoms with Crippen LogP contribution in [0.5, 0.6) is 0 Å². The molecule has 0 aromatic heterocycles. The van der Waals surface area contributed by atoms with Crippen LogP contribution in [0.4, 0.5) is 0 Å². The van der Waals surface area contributed by atoms with Gasteiger partial charge in [0.05, 0.1) is 5.41 Å². The molecule has 0 aromatic carbocycles. The number of carboxylic acid groups (broad SMARTS) is 1. The van der Waals surface area contributed by atoms with Crippen molar-refractivity contribution in [1.82, 2.24) is 0 Å². The minimum Gasteiger partial charge on any atom is -0.481 e. The molecule has 0 spiro atoms. The van der Waals surface area contributed by atoms with Crippen molar-refractivity contribution in [3.63, 3.8) is 0 Å². The first-order chi connectivity index (χ1) is 6.17. The summed E-state index contributed by atoms with van der Waals surface area (Å²) in [5.41, 5.74) is 5.01. The summed E-state index contributed by atoms with van der Waals surface area (Å²) in [6.07, 6.45) is 4.90. The van der Waals surface area contributed by atoms with Gasteiger partial charge in [-0.3, -0.25) is 4.79 Å². The molecule has 0 heterocycles. The van der Waals surface area contributed by atoms with Crippen LogP contribution < -0.4 is 5.73 Å². The normalized spacial score (nSPS) is 34.5. The fraction of sp³-hybridized carbons (Fsp3) is 0.900. The monoisotopic (exact) mass is 185 g/mol. The van der Waals surface area contributed by atoms with E-state index < -0.39 is 11.4 Å². The Balaban J connectivity index is 2.84. The summed E-state index contributed by atoms with van der Waals surface area (Å²) in [4.78, 5) is 11.2. The highest BCUT2D eigenvalue weighted by molar-refractivity contribution is 5.75. The van der Waals surface area contributed by atoms with Crippen LogP contribution in [0, 0.1) is 11.3 Å². The molecule has 0 amide bonds. The van der Waals surface area contributed by atoms with E-state index in [0.29, 0.717) is 6.54 Å². The molecule has 2 atom stereocenters. The smallest absolute Gasteiger partial charge is 0.311 e. The molecule has 13 heavy (non-hydrogen) atoms. The summed E-state index contributed by atoms with van der Waals surface area (Å²) in [5, 5.41) is 9.21. The number of aliphatic carboxylic acids is 1. The minimum absolute atomic E-state index is 0.281. The molecule has 1 fully saturated rings. The lowest BCUT2D eigenvalue weighted by molar-refractivity contribution is -0.154. The van der Waals surface area contributed by atoms with Crippen molar-refractivity contribution in [2.45, 2.75) is 39.0 Å². The predicted molar refractivity (Wildman–Crippen MR) is 51.4 cm³/mol. The number of hydrogen-bond acceptors (Lipinski definition) is 2. The van der Waals surface area contributed by atoms with Gasteiger partial charge in [0, 0.05) is 6.54 Å². The van der Waals surface area contributed by atoms with Gasteiger partial charge >= 0.3 is 5.97 Å². The van der Waals surface area contributed by atoms with Crippen LogP contribution in [0.25, 0.3) is 0 Å². The lowest BCUT2D eigenvalue weighted by Gasteiger charge is -2.39. The molecule has 1 aliphatic rings. The molecule has 3 N–H and O–H groups in total. The molecule has 0 saturated heterocycles. The molecule has 3 heteroatoms. The molecular formula is C10H19NO2. The molecular weight excluding hydrogens is 166 g/mol. The Morgan fingerprint density at radius 3 is 2.69 bits per heavy atom. The number of hydrogen-bond donors (Lipinski definition) is 2. The van der Waals surface area contributed by atoms with Crippen LogP contribution in [-0.2, 0) is 4.79 Å². The van der Waals surface area contributed by atoms with E-state index in [1.54, 1.807) is 0 Å². The summed E-state index contributed by atoms with van der Waals surface area (Å²) < 4.78 is 0. The van der Waals surface area contributed by atoms with Crippen molar-refractivity contribution in [3.05, 3.63) is 0 Å². The lowest BCUT2D eigenvalue weighted by Crippen LogP contribution is -2.46.